The number of nitrogens with zero attached hydrogens (tertiary/aromatic N) is 2. The molecule has 2 aromatic heterocycles. The molecule has 0 unspecified atom stereocenters. The summed E-state index contributed by atoms with van der Waals surface area (Å²) < 4.78 is 2.39. The number of benzene rings is 10. The van der Waals surface area contributed by atoms with E-state index in [9.17, 15) is 0 Å². The Morgan fingerprint density at radius 1 is 0.305 bits per heavy atom. The second-order valence-corrected chi connectivity index (χ2v) is 15.5. The fourth-order valence-electron chi connectivity index (χ4n) is 9.32. The first-order chi connectivity index (χ1) is 29.2. The lowest BCUT2D eigenvalue weighted by Crippen LogP contribution is -1.95. The Hall–Kier alpha value is -7.81. The summed E-state index contributed by atoms with van der Waals surface area (Å²) in [6, 6.07) is 79.3. The van der Waals surface area contributed by atoms with Crippen molar-refractivity contribution in [1.82, 2.24) is 9.55 Å². The van der Waals surface area contributed by atoms with Gasteiger partial charge in [0.1, 0.15) is 0 Å². The normalized spacial score (nSPS) is 11.7. The van der Waals surface area contributed by atoms with E-state index < -0.39 is 0 Å². The monoisotopic (exact) mass is 748 g/mol. The summed E-state index contributed by atoms with van der Waals surface area (Å²) in [5.74, 6) is 0. The Morgan fingerprint density at radius 2 is 0.881 bits per heavy atom. The molecule has 0 fully saturated rings. The molecule has 0 N–H and O–H groups in total. The number of rotatable bonds is 5. The van der Waals surface area contributed by atoms with E-state index in [0.717, 1.165) is 22.5 Å². The molecule has 0 aliphatic heterocycles. The molecule has 59 heavy (non-hydrogen) atoms. The standard InChI is InChI=1S/C57H36N2/c1-3-13-40(14-4-1)57-56-50(32-33-53-55(56)49-18-9-10-21-52(49)59(53)47-16-5-2-6-17-47)54-48(19-11-20-51(54)58-57)39-25-22-38(23-26-39)42-28-29-45-36-46(31-30-44(45)35-42)43-27-24-37-12-7-8-15-41(37)34-43/h1-36H. The van der Waals surface area contributed by atoms with Crippen molar-refractivity contribution in [2.24, 2.45) is 0 Å². The van der Waals surface area contributed by atoms with E-state index in [0.29, 0.717) is 0 Å². The molecule has 12 rings (SSSR count). The smallest absolute Gasteiger partial charge is 0.0795 e. The van der Waals surface area contributed by atoms with E-state index in [1.54, 1.807) is 0 Å². The Morgan fingerprint density at radius 3 is 1.63 bits per heavy atom. The van der Waals surface area contributed by atoms with Crippen LogP contribution in [0.2, 0.25) is 0 Å². The number of fused-ring (bicyclic) bond motifs is 9. The molecule has 0 atom stereocenters. The predicted molar refractivity (Wildman–Crippen MR) is 250 cm³/mol. The highest BCUT2D eigenvalue weighted by molar-refractivity contribution is 6.29. The number of hydrogen-bond acceptors (Lipinski definition) is 1. The molecule has 0 spiro atoms. The summed E-state index contributed by atoms with van der Waals surface area (Å²) in [4.78, 5) is 5.52. The van der Waals surface area contributed by atoms with Crippen LogP contribution in [-0.4, -0.2) is 9.55 Å². The first kappa shape index (κ1) is 33.3. The minimum absolute atomic E-state index is 0.988. The van der Waals surface area contributed by atoms with Crippen molar-refractivity contribution >= 4 is 65.0 Å². The van der Waals surface area contributed by atoms with Gasteiger partial charge < -0.3 is 4.57 Å². The highest BCUT2D eigenvalue weighted by atomic mass is 15.0. The molecular formula is C57H36N2. The van der Waals surface area contributed by atoms with Crippen LogP contribution in [0.25, 0.3) is 115 Å². The van der Waals surface area contributed by atoms with Crippen LogP contribution in [0.5, 0.6) is 0 Å². The fourth-order valence-corrected chi connectivity index (χ4v) is 9.32. The summed E-state index contributed by atoms with van der Waals surface area (Å²) in [7, 11) is 0. The quantitative estimate of drug-likeness (QED) is 0.160. The molecule has 0 aliphatic rings. The van der Waals surface area contributed by atoms with Crippen LogP contribution in [-0.2, 0) is 0 Å². The van der Waals surface area contributed by atoms with Gasteiger partial charge in [0, 0.05) is 32.8 Å². The van der Waals surface area contributed by atoms with Crippen LogP contribution in [0.4, 0.5) is 0 Å². The van der Waals surface area contributed by atoms with Crippen LogP contribution in [0.1, 0.15) is 0 Å². The number of hydrogen-bond donors (Lipinski definition) is 0. The van der Waals surface area contributed by atoms with Crippen molar-refractivity contribution in [3.63, 3.8) is 0 Å². The van der Waals surface area contributed by atoms with Gasteiger partial charge >= 0.3 is 0 Å². The fraction of sp³-hybridized carbons (Fsp3) is 0. The van der Waals surface area contributed by atoms with Gasteiger partial charge in [-0.05, 0) is 109 Å². The third kappa shape index (κ3) is 5.45. The summed E-state index contributed by atoms with van der Waals surface area (Å²) in [5, 5.41) is 11.0. The molecule has 0 amide bonds. The SMILES string of the molecule is c1ccc(-c2nc3cccc(-c4ccc(-c5ccc6cc(-c7ccc8ccccc8c7)ccc6c5)cc4)c3c3ccc4c(c5ccccc5n4-c4ccccc4)c23)cc1. The average Bonchev–Trinajstić information content (AvgIpc) is 3.66. The van der Waals surface area contributed by atoms with Crippen LogP contribution < -0.4 is 0 Å². The zero-order valence-corrected chi connectivity index (χ0v) is 32.2. The lowest BCUT2D eigenvalue weighted by atomic mass is 9.91. The average molecular weight is 749 g/mol. The van der Waals surface area contributed by atoms with Crippen molar-refractivity contribution in [2.75, 3.05) is 0 Å². The van der Waals surface area contributed by atoms with Crippen LogP contribution in [0, 0.1) is 0 Å². The molecular weight excluding hydrogens is 713 g/mol. The first-order valence-corrected chi connectivity index (χ1v) is 20.3. The second-order valence-electron chi connectivity index (χ2n) is 15.5. The van der Waals surface area contributed by atoms with Gasteiger partial charge in [0.2, 0.25) is 0 Å². The Kier molecular flexibility index (Phi) is 7.57. The van der Waals surface area contributed by atoms with Crippen molar-refractivity contribution in [1.29, 1.82) is 0 Å². The lowest BCUT2D eigenvalue weighted by molar-refractivity contribution is 1.18. The van der Waals surface area contributed by atoms with Gasteiger partial charge in [0.05, 0.1) is 22.2 Å². The molecule has 2 nitrogen and oxygen atoms in total. The van der Waals surface area contributed by atoms with Crippen LogP contribution in [0.3, 0.4) is 0 Å². The minimum atomic E-state index is 0.988. The Labute approximate surface area is 341 Å². The van der Waals surface area contributed by atoms with Gasteiger partial charge in [0.15, 0.2) is 0 Å². The molecule has 10 aromatic carbocycles. The van der Waals surface area contributed by atoms with Gasteiger partial charge in [0.25, 0.3) is 0 Å². The van der Waals surface area contributed by atoms with Crippen LogP contribution in [0.15, 0.2) is 218 Å². The third-order valence-electron chi connectivity index (χ3n) is 12.1. The highest BCUT2D eigenvalue weighted by Crippen LogP contribution is 2.45. The zero-order chi connectivity index (χ0) is 38.9. The van der Waals surface area contributed by atoms with Gasteiger partial charge in [-0.25, -0.2) is 4.98 Å². The Bertz CT molecular complexity index is 3580. The van der Waals surface area contributed by atoms with Crippen LogP contribution >= 0.6 is 0 Å². The minimum Gasteiger partial charge on any atom is -0.309 e. The number of aromatic nitrogens is 2. The van der Waals surface area contributed by atoms with Crippen molar-refractivity contribution in [2.45, 2.75) is 0 Å². The van der Waals surface area contributed by atoms with E-state index in [1.165, 1.54) is 92.9 Å². The van der Waals surface area contributed by atoms with E-state index in [4.69, 9.17) is 4.98 Å². The second kappa shape index (κ2) is 13.4. The predicted octanol–water partition coefficient (Wildman–Crippen LogP) is 15.5. The largest absolute Gasteiger partial charge is 0.309 e. The first-order valence-electron chi connectivity index (χ1n) is 20.3. The summed E-state index contributed by atoms with van der Waals surface area (Å²) in [6.45, 7) is 0. The number of pyridine rings is 1. The molecule has 2 heterocycles. The van der Waals surface area contributed by atoms with Gasteiger partial charge in [-0.2, -0.15) is 0 Å². The summed E-state index contributed by atoms with van der Waals surface area (Å²) in [6.07, 6.45) is 0. The molecule has 2 heteroatoms. The Balaban J connectivity index is 0.994. The topological polar surface area (TPSA) is 17.8 Å². The van der Waals surface area contributed by atoms with Gasteiger partial charge in [-0.3, -0.25) is 0 Å². The highest BCUT2D eigenvalue weighted by Gasteiger charge is 2.21. The molecule has 0 aliphatic carbocycles. The van der Waals surface area contributed by atoms with Crippen molar-refractivity contribution < 1.29 is 0 Å². The lowest BCUT2D eigenvalue weighted by Gasteiger charge is -2.16. The molecule has 0 bridgehead atoms. The van der Waals surface area contributed by atoms with Gasteiger partial charge in [-0.1, -0.05) is 170 Å². The van der Waals surface area contributed by atoms with Crippen molar-refractivity contribution in [3.05, 3.63) is 218 Å². The van der Waals surface area contributed by atoms with Gasteiger partial charge in [-0.15, -0.1) is 0 Å². The zero-order valence-electron chi connectivity index (χ0n) is 32.2. The molecule has 0 radical (unpaired) electrons. The molecule has 274 valence electrons. The van der Waals surface area contributed by atoms with E-state index in [-0.39, 0.29) is 0 Å². The summed E-state index contributed by atoms with van der Waals surface area (Å²) >= 11 is 0. The molecule has 0 saturated heterocycles. The molecule has 12 aromatic rings. The third-order valence-corrected chi connectivity index (χ3v) is 12.1. The van der Waals surface area contributed by atoms with E-state index in [2.05, 4.69) is 223 Å². The number of para-hydroxylation sites is 2. The molecule has 0 saturated carbocycles. The van der Waals surface area contributed by atoms with Crippen molar-refractivity contribution in [3.8, 4) is 50.3 Å². The maximum absolute atomic E-state index is 5.52. The maximum atomic E-state index is 5.52. The van der Waals surface area contributed by atoms with E-state index >= 15 is 0 Å². The summed E-state index contributed by atoms with van der Waals surface area (Å²) in [5.41, 5.74) is 13.8. The van der Waals surface area contributed by atoms with E-state index in [1.807, 2.05) is 0 Å². The maximum Gasteiger partial charge on any atom is 0.0795 e.